The first-order chi connectivity index (χ1) is 15.6. The number of aliphatic carboxylic acids is 1. The van der Waals surface area contributed by atoms with E-state index in [0.717, 1.165) is 0 Å². The summed E-state index contributed by atoms with van der Waals surface area (Å²) in [5.41, 5.74) is 16.3. The van der Waals surface area contributed by atoms with E-state index < -0.39 is 53.8 Å². The predicted octanol–water partition coefficient (Wildman–Crippen LogP) is -2.07. The molecule has 0 aliphatic carbocycles. The number of carboxylic acid groups (broad SMARTS) is 1. The van der Waals surface area contributed by atoms with Gasteiger partial charge in [0.1, 0.15) is 18.1 Å². The fourth-order valence-corrected chi connectivity index (χ4v) is 3.42. The maximum absolute atomic E-state index is 12.9. The number of nitrogens with one attached hydrogen (secondary N) is 3. The Hall–Kier alpha value is -2.03. The molecule has 0 fully saturated rings. The van der Waals surface area contributed by atoms with Crippen molar-refractivity contribution in [3.63, 3.8) is 0 Å². The Balaban J connectivity index is 5.34. The summed E-state index contributed by atoms with van der Waals surface area (Å²) in [5.74, 6) is -3.33. The molecule has 0 heterocycles. The van der Waals surface area contributed by atoms with Gasteiger partial charge in [-0.25, -0.2) is 4.79 Å². The van der Waals surface area contributed by atoms with Crippen LogP contribution in [0.1, 0.15) is 38.5 Å². The Morgan fingerprint density at radius 3 is 1.94 bits per heavy atom. The van der Waals surface area contributed by atoms with E-state index in [1.807, 2.05) is 6.26 Å². The van der Waals surface area contributed by atoms with Gasteiger partial charge in [0.15, 0.2) is 0 Å². The first-order valence-corrected chi connectivity index (χ1v) is 12.6. The molecule has 4 unspecified atom stereocenters. The van der Waals surface area contributed by atoms with Gasteiger partial charge in [-0.1, -0.05) is 0 Å². The van der Waals surface area contributed by atoms with Gasteiger partial charge in [0, 0.05) is 12.2 Å². The van der Waals surface area contributed by atoms with Crippen LogP contribution in [0.4, 0.5) is 0 Å². The molecular formula is C19H36N6O6S2. The summed E-state index contributed by atoms with van der Waals surface area (Å²) in [6.45, 7) is 0.395. The first kappa shape index (κ1) is 31.0. The molecule has 0 spiro atoms. The molecule has 4 atom stereocenters. The average molecular weight is 509 g/mol. The lowest BCUT2D eigenvalue weighted by Gasteiger charge is -2.25. The van der Waals surface area contributed by atoms with E-state index in [1.165, 1.54) is 11.8 Å². The number of nitrogens with two attached hydrogens (primary N) is 3. The van der Waals surface area contributed by atoms with E-state index in [4.69, 9.17) is 22.3 Å². The van der Waals surface area contributed by atoms with Crippen LogP contribution in [0, 0.1) is 0 Å². The third-order valence-corrected chi connectivity index (χ3v) is 5.67. The molecule has 0 saturated carbocycles. The van der Waals surface area contributed by atoms with Gasteiger partial charge in [-0.2, -0.15) is 24.4 Å². The molecule has 0 aromatic heterocycles. The van der Waals surface area contributed by atoms with Crippen LogP contribution in [-0.4, -0.2) is 83.2 Å². The van der Waals surface area contributed by atoms with E-state index in [2.05, 4.69) is 28.6 Å². The minimum absolute atomic E-state index is 0.0302. The summed E-state index contributed by atoms with van der Waals surface area (Å²) in [7, 11) is 0. The fraction of sp³-hybridized carbons (Fsp3) is 0.737. The van der Waals surface area contributed by atoms with Crippen LogP contribution in [0.15, 0.2) is 0 Å². The number of thioether (sulfide) groups is 1. The Bertz CT molecular complexity index is 669. The van der Waals surface area contributed by atoms with E-state index in [9.17, 15) is 24.0 Å². The van der Waals surface area contributed by atoms with Crippen molar-refractivity contribution in [2.75, 3.05) is 24.3 Å². The molecule has 33 heavy (non-hydrogen) atoms. The van der Waals surface area contributed by atoms with Crippen LogP contribution in [0.5, 0.6) is 0 Å². The Morgan fingerprint density at radius 2 is 1.45 bits per heavy atom. The number of unbranched alkanes of at least 4 members (excludes halogenated alkanes) is 1. The molecule has 0 rings (SSSR count). The largest absolute Gasteiger partial charge is 0.480 e. The summed E-state index contributed by atoms with van der Waals surface area (Å²) < 4.78 is 0. The molecule has 0 bridgehead atoms. The third kappa shape index (κ3) is 13.3. The molecule has 12 nitrogen and oxygen atoms in total. The van der Waals surface area contributed by atoms with Gasteiger partial charge in [-0.3, -0.25) is 19.2 Å². The second kappa shape index (κ2) is 17.4. The number of hydrogen-bond donors (Lipinski definition) is 8. The lowest BCUT2D eigenvalue weighted by atomic mass is 10.1. The second-order valence-corrected chi connectivity index (χ2v) is 8.73. The van der Waals surface area contributed by atoms with Crippen LogP contribution in [0.25, 0.3) is 0 Å². The Morgan fingerprint density at radius 1 is 0.909 bits per heavy atom. The van der Waals surface area contributed by atoms with Gasteiger partial charge in [0.05, 0.1) is 6.04 Å². The number of thiol groups is 1. The minimum Gasteiger partial charge on any atom is -0.480 e. The van der Waals surface area contributed by atoms with Gasteiger partial charge in [0.2, 0.25) is 23.6 Å². The van der Waals surface area contributed by atoms with Crippen molar-refractivity contribution in [3.8, 4) is 0 Å². The molecule has 190 valence electrons. The molecule has 0 radical (unpaired) electrons. The number of primary amides is 1. The average Bonchev–Trinajstić information content (AvgIpc) is 2.76. The predicted molar refractivity (Wildman–Crippen MR) is 130 cm³/mol. The van der Waals surface area contributed by atoms with Gasteiger partial charge in [-0.05, 0) is 50.7 Å². The molecule has 0 aromatic carbocycles. The summed E-state index contributed by atoms with van der Waals surface area (Å²) in [4.78, 5) is 60.1. The van der Waals surface area contributed by atoms with Gasteiger partial charge < -0.3 is 38.3 Å². The molecule has 4 amide bonds. The van der Waals surface area contributed by atoms with Crippen molar-refractivity contribution in [3.05, 3.63) is 0 Å². The van der Waals surface area contributed by atoms with E-state index in [-0.39, 0.29) is 31.4 Å². The molecular weight excluding hydrogens is 472 g/mol. The van der Waals surface area contributed by atoms with Crippen LogP contribution in [-0.2, 0) is 24.0 Å². The van der Waals surface area contributed by atoms with Crippen molar-refractivity contribution < 1.29 is 29.1 Å². The minimum atomic E-state index is -1.25. The van der Waals surface area contributed by atoms with Crippen LogP contribution >= 0.6 is 24.4 Å². The van der Waals surface area contributed by atoms with Gasteiger partial charge in [-0.15, -0.1) is 0 Å². The number of amides is 4. The van der Waals surface area contributed by atoms with E-state index in [0.29, 0.717) is 25.1 Å². The van der Waals surface area contributed by atoms with Crippen LogP contribution < -0.4 is 33.2 Å². The molecule has 0 aromatic rings. The number of hydrogen-bond acceptors (Lipinski definition) is 9. The normalized spacial score (nSPS) is 14.4. The number of carboxylic acids is 1. The van der Waals surface area contributed by atoms with Crippen LogP contribution in [0.3, 0.4) is 0 Å². The summed E-state index contributed by atoms with van der Waals surface area (Å²) >= 11 is 5.38. The second-order valence-electron chi connectivity index (χ2n) is 7.38. The van der Waals surface area contributed by atoms with Crippen molar-refractivity contribution in [2.45, 2.75) is 62.7 Å². The zero-order valence-electron chi connectivity index (χ0n) is 18.7. The highest BCUT2D eigenvalue weighted by Crippen LogP contribution is 2.07. The number of rotatable bonds is 18. The standard InChI is InChI=1S/C19H36N6O6S2/c1-33-9-7-13(23-16(27)11(21)5-6-15(22)26)18(29)24-12(4-2-3-8-20)17(28)25-14(10-32)19(30)31/h11-14,32H,2-10,20-21H2,1H3,(H2,22,26)(H,23,27)(H,24,29)(H,25,28)(H,30,31). The quantitative estimate of drug-likeness (QED) is 0.0751. The van der Waals surface area contributed by atoms with E-state index in [1.54, 1.807) is 0 Å². The van der Waals surface area contributed by atoms with Gasteiger partial charge >= 0.3 is 5.97 Å². The number of carbonyl (C=O) groups excluding carboxylic acids is 4. The van der Waals surface area contributed by atoms with Crippen LogP contribution in [0.2, 0.25) is 0 Å². The zero-order chi connectivity index (χ0) is 25.4. The Kier molecular flexibility index (Phi) is 16.4. The SMILES string of the molecule is CSCCC(NC(=O)C(N)CCC(N)=O)C(=O)NC(CCCCN)C(=O)NC(CS)C(=O)O. The zero-order valence-corrected chi connectivity index (χ0v) is 20.5. The maximum atomic E-state index is 12.9. The highest BCUT2D eigenvalue weighted by Gasteiger charge is 2.29. The first-order valence-electron chi connectivity index (χ1n) is 10.5. The molecule has 0 aliphatic heterocycles. The third-order valence-electron chi connectivity index (χ3n) is 4.66. The lowest BCUT2D eigenvalue weighted by Crippen LogP contribution is -2.57. The molecule has 14 heteroatoms. The topological polar surface area (TPSA) is 220 Å². The van der Waals surface area contributed by atoms with Gasteiger partial charge in [0.25, 0.3) is 0 Å². The highest BCUT2D eigenvalue weighted by molar-refractivity contribution is 7.98. The summed E-state index contributed by atoms with van der Waals surface area (Å²) in [6.07, 6.45) is 3.42. The smallest absolute Gasteiger partial charge is 0.327 e. The lowest BCUT2D eigenvalue weighted by molar-refractivity contribution is -0.141. The Labute approximate surface area is 203 Å². The monoisotopic (exact) mass is 508 g/mol. The molecule has 0 saturated heterocycles. The van der Waals surface area contributed by atoms with Crippen molar-refractivity contribution in [2.24, 2.45) is 17.2 Å². The fourth-order valence-electron chi connectivity index (χ4n) is 2.70. The molecule has 10 N–H and O–H groups in total. The van der Waals surface area contributed by atoms with Crippen molar-refractivity contribution in [1.82, 2.24) is 16.0 Å². The van der Waals surface area contributed by atoms with E-state index >= 15 is 0 Å². The van der Waals surface area contributed by atoms with Crippen molar-refractivity contribution >= 4 is 54.0 Å². The number of carbonyl (C=O) groups is 5. The molecule has 0 aliphatic rings. The highest BCUT2D eigenvalue weighted by atomic mass is 32.2. The van der Waals surface area contributed by atoms with Crippen molar-refractivity contribution in [1.29, 1.82) is 0 Å². The maximum Gasteiger partial charge on any atom is 0.327 e. The summed E-state index contributed by atoms with van der Waals surface area (Å²) in [6, 6.07) is -4.25. The summed E-state index contributed by atoms with van der Waals surface area (Å²) in [5, 5.41) is 16.7.